The summed E-state index contributed by atoms with van der Waals surface area (Å²) >= 11 is 0. The highest BCUT2D eigenvalue weighted by Crippen LogP contribution is 3.02. The maximum Gasteiger partial charge on any atom is 0.317 e. The maximum atomic E-state index is 13.1. The number of hydrogen-bond acceptors (Lipinski definition) is 3. The van der Waals surface area contributed by atoms with Crippen molar-refractivity contribution in [2.45, 2.75) is 36.5 Å². The van der Waals surface area contributed by atoms with E-state index in [4.69, 9.17) is 4.74 Å². The van der Waals surface area contributed by atoms with Gasteiger partial charge in [-0.15, -0.1) is 0 Å². The van der Waals surface area contributed by atoms with Crippen LogP contribution in [0.4, 0.5) is 19.4 Å². The smallest absolute Gasteiger partial charge is 0.317 e. The van der Waals surface area contributed by atoms with Gasteiger partial charge in [-0.1, -0.05) is 61.9 Å². The van der Waals surface area contributed by atoms with Crippen molar-refractivity contribution in [2.24, 2.45) is 0 Å². The lowest BCUT2D eigenvalue weighted by Crippen LogP contribution is -2.45. The van der Waals surface area contributed by atoms with Gasteiger partial charge >= 0.3 is 16.2 Å². The first kappa shape index (κ1) is 22.5. The highest BCUT2D eigenvalue weighted by Gasteiger charge is 2.65. The molecule has 0 aliphatic carbocycles. The average Bonchev–Trinajstić information content (AvgIpc) is 2.65. The summed E-state index contributed by atoms with van der Waals surface area (Å²) in [6.07, 6.45) is 0.716. The van der Waals surface area contributed by atoms with E-state index in [0.29, 0.717) is 31.5 Å². The number of halogens is 5. The molecule has 0 unspecified atom stereocenters. The topological polar surface area (TPSA) is 49.8 Å². The highest BCUT2D eigenvalue weighted by atomic mass is 32.5. The number of carboxylic acid groups (broad SMARTS) is 1. The summed E-state index contributed by atoms with van der Waals surface area (Å²) in [5.74, 6) is -1.000. The first-order valence-electron chi connectivity index (χ1n) is 9.29. The Balaban J connectivity index is 1.82. The van der Waals surface area contributed by atoms with Gasteiger partial charge in [-0.05, 0) is 42.6 Å². The Morgan fingerprint density at radius 2 is 1.77 bits per heavy atom. The summed E-state index contributed by atoms with van der Waals surface area (Å²) in [5.41, 5.74) is 0.798. The summed E-state index contributed by atoms with van der Waals surface area (Å²) < 4.78 is 71.2. The fourth-order valence-electron chi connectivity index (χ4n) is 3.71. The van der Waals surface area contributed by atoms with Crippen molar-refractivity contribution in [1.29, 1.82) is 0 Å². The highest BCUT2D eigenvalue weighted by molar-refractivity contribution is 8.45. The van der Waals surface area contributed by atoms with Crippen LogP contribution in [0, 0.1) is 0 Å². The van der Waals surface area contributed by atoms with Crippen LogP contribution in [0.1, 0.15) is 30.0 Å². The van der Waals surface area contributed by atoms with E-state index in [-0.39, 0.29) is 18.7 Å². The van der Waals surface area contributed by atoms with Crippen LogP contribution < -0.4 is 0 Å². The van der Waals surface area contributed by atoms with Crippen LogP contribution in [0.15, 0.2) is 59.5 Å². The lowest BCUT2D eigenvalue weighted by Gasteiger charge is -2.41. The van der Waals surface area contributed by atoms with Crippen molar-refractivity contribution in [3.8, 4) is 0 Å². The van der Waals surface area contributed by atoms with Crippen molar-refractivity contribution in [1.82, 2.24) is 4.90 Å². The van der Waals surface area contributed by atoms with Crippen LogP contribution in [-0.4, -0.2) is 35.2 Å². The maximum absolute atomic E-state index is 13.1. The minimum Gasteiger partial charge on any atom is -0.480 e. The molecule has 2 atom stereocenters. The number of hydrogen-bond donors (Lipinski definition) is 1. The minimum absolute atomic E-state index is 0.0251. The number of ether oxygens (including phenoxy) is 1. The van der Waals surface area contributed by atoms with E-state index in [9.17, 15) is 29.3 Å². The Hall–Kier alpha value is -2.17. The number of piperidine rings is 1. The molecule has 30 heavy (non-hydrogen) atoms. The van der Waals surface area contributed by atoms with E-state index in [1.54, 1.807) is 17.0 Å². The Labute approximate surface area is 171 Å². The quantitative estimate of drug-likeness (QED) is 0.513. The van der Waals surface area contributed by atoms with Gasteiger partial charge in [0.25, 0.3) is 0 Å². The van der Waals surface area contributed by atoms with Crippen molar-refractivity contribution >= 4 is 16.2 Å². The molecule has 0 amide bonds. The van der Waals surface area contributed by atoms with Gasteiger partial charge in [-0.3, -0.25) is 9.69 Å². The number of carboxylic acids is 1. The Kier molecular flexibility index (Phi) is 5.63. The van der Waals surface area contributed by atoms with E-state index < -0.39 is 33.2 Å². The summed E-state index contributed by atoms with van der Waals surface area (Å²) in [7, 11) is -9.77. The van der Waals surface area contributed by atoms with Crippen molar-refractivity contribution in [3.05, 3.63) is 65.7 Å². The normalized spacial score (nSPS) is 22.8. The standard InChI is InChI=1S/C20H22F5NO3S/c21-30(22,23,24,25)17-9-4-6-15(12-17)14-29-18-10-5-11-26(13-19(27)28)20(18)16-7-2-1-3-8-16/h1-4,6-9,12,18,20H,5,10-11,13-14H2,(H,27,28)/t18-,20-/m0/s1. The van der Waals surface area contributed by atoms with E-state index in [2.05, 4.69) is 0 Å². The fraction of sp³-hybridized carbons (Fsp3) is 0.350. The largest absolute Gasteiger partial charge is 0.480 e. The van der Waals surface area contributed by atoms with E-state index in [1.807, 2.05) is 18.2 Å². The zero-order valence-corrected chi connectivity index (χ0v) is 16.7. The second kappa shape index (κ2) is 7.51. The number of rotatable bonds is 7. The molecule has 0 spiro atoms. The van der Waals surface area contributed by atoms with Gasteiger partial charge < -0.3 is 9.84 Å². The Morgan fingerprint density at radius 1 is 1.07 bits per heavy atom. The number of benzene rings is 2. The minimum atomic E-state index is -9.77. The van der Waals surface area contributed by atoms with Crippen LogP contribution >= 0.6 is 10.2 Å². The van der Waals surface area contributed by atoms with Crippen LogP contribution in [0.2, 0.25) is 0 Å². The van der Waals surface area contributed by atoms with Crippen LogP contribution in [0.5, 0.6) is 0 Å². The summed E-state index contributed by atoms with van der Waals surface area (Å²) in [6, 6.07) is 11.7. The van der Waals surface area contributed by atoms with E-state index >= 15 is 0 Å². The third kappa shape index (κ3) is 5.71. The van der Waals surface area contributed by atoms with Gasteiger partial charge in [0.2, 0.25) is 0 Å². The van der Waals surface area contributed by atoms with Crippen molar-refractivity contribution in [3.63, 3.8) is 0 Å². The molecular formula is C20H22F5NO3S. The first-order valence-corrected chi connectivity index (χ1v) is 11.2. The molecule has 1 saturated heterocycles. The molecular weight excluding hydrogens is 429 g/mol. The molecule has 2 aromatic carbocycles. The second-order valence-electron chi connectivity index (χ2n) is 7.33. The molecule has 1 aliphatic rings. The Bertz CT molecular complexity index is 908. The van der Waals surface area contributed by atoms with Crippen LogP contribution in [-0.2, 0) is 16.1 Å². The lowest BCUT2D eigenvalue weighted by atomic mass is 9.92. The lowest BCUT2D eigenvalue weighted by molar-refractivity contribution is -0.141. The van der Waals surface area contributed by atoms with Gasteiger partial charge in [0.1, 0.15) is 4.90 Å². The SMILES string of the molecule is O=C(O)CN1CCC[C@H](OCc2cccc(S(F)(F)(F)(F)F)c2)[C@@H]1c1ccccc1. The molecule has 1 aliphatic heterocycles. The zero-order valence-electron chi connectivity index (χ0n) is 15.9. The van der Waals surface area contributed by atoms with Gasteiger partial charge in [-0.25, -0.2) is 0 Å². The fourth-order valence-corrected chi connectivity index (χ4v) is 4.42. The second-order valence-corrected chi connectivity index (χ2v) is 9.74. The number of carbonyl (C=O) groups is 1. The predicted molar refractivity (Wildman–Crippen MR) is 104 cm³/mol. The summed E-state index contributed by atoms with van der Waals surface area (Å²) in [4.78, 5) is 11.1. The van der Waals surface area contributed by atoms with Gasteiger partial charge in [-0.2, -0.15) is 0 Å². The molecule has 1 fully saturated rings. The average molecular weight is 451 g/mol. The molecule has 1 heterocycles. The third-order valence-electron chi connectivity index (χ3n) is 4.97. The monoisotopic (exact) mass is 451 g/mol. The molecule has 0 radical (unpaired) electrons. The molecule has 3 rings (SSSR count). The van der Waals surface area contributed by atoms with Crippen LogP contribution in [0.3, 0.4) is 0 Å². The predicted octanol–water partition coefficient (Wildman–Crippen LogP) is 6.15. The number of nitrogens with zero attached hydrogens (tertiary/aromatic N) is 1. The zero-order chi connectivity index (χ0) is 22.1. The van der Waals surface area contributed by atoms with Gasteiger partial charge in [0.15, 0.2) is 0 Å². The number of aliphatic carboxylic acids is 1. The van der Waals surface area contributed by atoms with E-state index in [0.717, 1.165) is 11.6 Å². The molecule has 0 saturated carbocycles. The summed E-state index contributed by atoms with van der Waals surface area (Å²) in [5, 5.41) is 9.22. The molecule has 0 aromatic heterocycles. The van der Waals surface area contributed by atoms with Gasteiger partial charge in [0, 0.05) is 0 Å². The van der Waals surface area contributed by atoms with Crippen LogP contribution in [0.25, 0.3) is 0 Å². The Morgan fingerprint density at radius 3 is 2.40 bits per heavy atom. The first-order chi connectivity index (χ1) is 13.8. The molecule has 166 valence electrons. The van der Waals surface area contributed by atoms with E-state index in [1.165, 1.54) is 6.07 Å². The van der Waals surface area contributed by atoms with Crippen molar-refractivity contribution in [2.75, 3.05) is 13.1 Å². The number of likely N-dealkylation sites (tertiary alicyclic amines) is 1. The molecule has 2 aromatic rings. The summed E-state index contributed by atoms with van der Waals surface area (Å²) in [6.45, 7) is 0.0289. The molecule has 10 heteroatoms. The molecule has 4 nitrogen and oxygen atoms in total. The van der Waals surface area contributed by atoms with Crippen molar-refractivity contribution < 1.29 is 34.1 Å². The van der Waals surface area contributed by atoms with Gasteiger partial charge in [0.05, 0.1) is 25.3 Å². The third-order valence-corrected chi connectivity index (χ3v) is 6.11. The molecule has 1 N–H and O–H groups in total. The molecule has 0 bridgehead atoms.